The fraction of sp³-hybridized carbons (Fsp3) is 0.0833. The molecular weight excluding hydrogens is 176 g/mol. The van der Waals surface area contributed by atoms with Gasteiger partial charge in [-0.05, 0) is 12.1 Å². The summed E-state index contributed by atoms with van der Waals surface area (Å²) < 4.78 is 5.29. The van der Waals surface area contributed by atoms with Gasteiger partial charge in [0.15, 0.2) is 0 Å². The van der Waals surface area contributed by atoms with Crippen molar-refractivity contribution in [2.75, 3.05) is 0 Å². The van der Waals surface area contributed by atoms with E-state index in [2.05, 4.69) is 11.8 Å². The largest absolute Gasteiger partial charge is 0.463 e. The van der Waals surface area contributed by atoms with Crippen LogP contribution in [-0.2, 0) is 4.79 Å². The molecule has 0 radical (unpaired) electrons. The zero-order chi connectivity index (χ0) is 9.80. The number of furan rings is 1. The van der Waals surface area contributed by atoms with Crippen molar-refractivity contribution in [1.29, 1.82) is 0 Å². The van der Waals surface area contributed by atoms with Crippen LogP contribution >= 0.6 is 0 Å². The molecule has 0 spiro atoms. The fourth-order valence-electron chi connectivity index (χ4n) is 1.26. The molecule has 0 fully saturated rings. The lowest BCUT2D eigenvalue weighted by molar-refractivity contribution is -0.107. The SMILES string of the molecule is O=CCC#Cc1coc2ccccc12. The van der Waals surface area contributed by atoms with Gasteiger partial charge < -0.3 is 9.21 Å². The van der Waals surface area contributed by atoms with Gasteiger partial charge in [0, 0.05) is 5.39 Å². The highest BCUT2D eigenvalue weighted by Crippen LogP contribution is 2.19. The summed E-state index contributed by atoms with van der Waals surface area (Å²) in [5.41, 5.74) is 1.66. The Morgan fingerprint density at radius 1 is 1.36 bits per heavy atom. The van der Waals surface area contributed by atoms with Crippen molar-refractivity contribution in [3.8, 4) is 11.8 Å². The van der Waals surface area contributed by atoms with Crippen molar-refractivity contribution in [3.05, 3.63) is 36.1 Å². The summed E-state index contributed by atoms with van der Waals surface area (Å²) in [6.07, 6.45) is 2.66. The Morgan fingerprint density at radius 3 is 3.07 bits per heavy atom. The molecule has 0 saturated heterocycles. The van der Waals surface area contributed by atoms with Gasteiger partial charge in [-0.15, -0.1) is 0 Å². The number of hydrogen-bond acceptors (Lipinski definition) is 2. The highest BCUT2D eigenvalue weighted by Gasteiger charge is 2.00. The van der Waals surface area contributed by atoms with Crippen molar-refractivity contribution in [2.45, 2.75) is 6.42 Å². The van der Waals surface area contributed by atoms with Crippen LogP contribution in [0.5, 0.6) is 0 Å². The molecule has 2 nitrogen and oxygen atoms in total. The van der Waals surface area contributed by atoms with Crippen molar-refractivity contribution in [1.82, 2.24) is 0 Å². The number of carbonyl (C=O) groups excluding carboxylic acids is 1. The molecule has 2 rings (SSSR count). The smallest absolute Gasteiger partial charge is 0.135 e. The Bertz CT molecular complexity index is 512. The number of fused-ring (bicyclic) bond motifs is 1. The summed E-state index contributed by atoms with van der Waals surface area (Å²) in [7, 11) is 0. The summed E-state index contributed by atoms with van der Waals surface area (Å²) in [6.45, 7) is 0. The normalized spacial score (nSPS) is 9.43. The second kappa shape index (κ2) is 3.80. The van der Waals surface area contributed by atoms with Crippen LogP contribution in [0.3, 0.4) is 0 Å². The molecular formula is C12H8O2. The second-order valence-electron chi connectivity index (χ2n) is 2.82. The first-order valence-electron chi connectivity index (χ1n) is 4.30. The van der Waals surface area contributed by atoms with Crippen molar-refractivity contribution < 1.29 is 9.21 Å². The molecule has 0 aliphatic heterocycles. The van der Waals surface area contributed by atoms with E-state index in [-0.39, 0.29) is 6.42 Å². The summed E-state index contributed by atoms with van der Waals surface area (Å²) in [5.74, 6) is 5.65. The average Bonchev–Trinajstić information content (AvgIpc) is 2.63. The maximum absolute atomic E-state index is 10.1. The summed E-state index contributed by atoms with van der Waals surface area (Å²) in [4.78, 5) is 10.1. The molecule has 2 aromatic rings. The van der Waals surface area contributed by atoms with E-state index in [1.807, 2.05) is 24.3 Å². The predicted molar refractivity (Wildman–Crippen MR) is 53.8 cm³/mol. The zero-order valence-corrected chi connectivity index (χ0v) is 7.49. The molecule has 1 heterocycles. The van der Waals surface area contributed by atoms with Gasteiger partial charge >= 0.3 is 0 Å². The van der Waals surface area contributed by atoms with Crippen LogP contribution in [0.2, 0.25) is 0 Å². The number of rotatable bonds is 1. The van der Waals surface area contributed by atoms with Gasteiger partial charge in [0.05, 0.1) is 12.0 Å². The van der Waals surface area contributed by atoms with E-state index in [1.54, 1.807) is 6.26 Å². The third-order valence-electron chi connectivity index (χ3n) is 1.89. The van der Waals surface area contributed by atoms with E-state index in [4.69, 9.17) is 4.42 Å². The maximum Gasteiger partial charge on any atom is 0.135 e. The third kappa shape index (κ3) is 1.53. The lowest BCUT2D eigenvalue weighted by atomic mass is 10.2. The van der Waals surface area contributed by atoms with E-state index in [1.165, 1.54) is 0 Å². The highest BCUT2D eigenvalue weighted by atomic mass is 16.3. The molecule has 1 aromatic carbocycles. The van der Waals surface area contributed by atoms with E-state index < -0.39 is 0 Å². The lowest BCUT2D eigenvalue weighted by Gasteiger charge is -1.85. The van der Waals surface area contributed by atoms with Crippen LogP contribution in [0.1, 0.15) is 12.0 Å². The van der Waals surface area contributed by atoms with Crippen LogP contribution in [0.25, 0.3) is 11.0 Å². The molecule has 0 aliphatic rings. The van der Waals surface area contributed by atoms with Crippen LogP contribution in [0.4, 0.5) is 0 Å². The quantitative estimate of drug-likeness (QED) is 0.503. The van der Waals surface area contributed by atoms with Gasteiger partial charge in [0.25, 0.3) is 0 Å². The Labute approximate surface area is 81.5 Å². The van der Waals surface area contributed by atoms with E-state index in [0.29, 0.717) is 0 Å². The summed E-state index contributed by atoms with van der Waals surface area (Å²) in [6, 6.07) is 7.68. The van der Waals surface area contributed by atoms with E-state index in [9.17, 15) is 4.79 Å². The van der Waals surface area contributed by atoms with E-state index >= 15 is 0 Å². The maximum atomic E-state index is 10.1. The van der Waals surface area contributed by atoms with Gasteiger partial charge in [0.2, 0.25) is 0 Å². The molecule has 0 saturated carbocycles. The number of aldehydes is 1. The van der Waals surface area contributed by atoms with Crippen molar-refractivity contribution in [2.24, 2.45) is 0 Å². The van der Waals surface area contributed by atoms with Crippen LogP contribution in [0.15, 0.2) is 34.9 Å². The standard InChI is InChI=1S/C12H8O2/c13-8-4-3-5-10-9-14-12-7-2-1-6-11(10)12/h1-2,6-9H,4H2. The van der Waals surface area contributed by atoms with E-state index in [0.717, 1.165) is 22.8 Å². The highest BCUT2D eigenvalue weighted by molar-refractivity contribution is 5.83. The molecule has 68 valence electrons. The van der Waals surface area contributed by atoms with Crippen LogP contribution in [-0.4, -0.2) is 6.29 Å². The van der Waals surface area contributed by atoms with Crippen LogP contribution in [0, 0.1) is 11.8 Å². The molecule has 14 heavy (non-hydrogen) atoms. The molecule has 0 atom stereocenters. The first kappa shape index (κ1) is 8.58. The molecule has 1 aromatic heterocycles. The van der Waals surface area contributed by atoms with Crippen molar-refractivity contribution >= 4 is 17.3 Å². The predicted octanol–water partition coefficient (Wildman–Crippen LogP) is 2.37. The number of benzene rings is 1. The minimum atomic E-state index is 0.263. The zero-order valence-electron chi connectivity index (χ0n) is 7.49. The van der Waals surface area contributed by atoms with Gasteiger partial charge in [-0.1, -0.05) is 24.0 Å². The molecule has 0 aliphatic carbocycles. The molecule has 2 heteroatoms. The number of para-hydroxylation sites is 1. The Kier molecular flexibility index (Phi) is 2.33. The molecule has 0 amide bonds. The molecule has 0 N–H and O–H groups in total. The Hall–Kier alpha value is -2.01. The minimum absolute atomic E-state index is 0.263. The second-order valence-corrected chi connectivity index (χ2v) is 2.82. The fourth-order valence-corrected chi connectivity index (χ4v) is 1.26. The number of carbonyl (C=O) groups is 1. The van der Waals surface area contributed by atoms with Gasteiger partial charge in [0.1, 0.15) is 18.1 Å². The lowest BCUT2D eigenvalue weighted by Crippen LogP contribution is -1.71. The molecule has 0 bridgehead atoms. The van der Waals surface area contributed by atoms with Crippen molar-refractivity contribution in [3.63, 3.8) is 0 Å². The first-order chi connectivity index (χ1) is 6.92. The molecule has 0 unspecified atom stereocenters. The van der Waals surface area contributed by atoms with Gasteiger partial charge in [-0.2, -0.15) is 0 Å². The summed E-state index contributed by atoms with van der Waals surface area (Å²) >= 11 is 0. The Balaban J connectivity index is 2.44. The Morgan fingerprint density at radius 2 is 2.21 bits per heavy atom. The van der Waals surface area contributed by atoms with Gasteiger partial charge in [-0.3, -0.25) is 0 Å². The number of hydrogen-bond donors (Lipinski definition) is 0. The van der Waals surface area contributed by atoms with Crippen LogP contribution < -0.4 is 0 Å². The monoisotopic (exact) mass is 184 g/mol. The topological polar surface area (TPSA) is 30.2 Å². The van der Waals surface area contributed by atoms with Gasteiger partial charge in [-0.25, -0.2) is 0 Å². The average molecular weight is 184 g/mol. The summed E-state index contributed by atoms with van der Waals surface area (Å²) in [5, 5.41) is 0.992. The third-order valence-corrected chi connectivity index (χ3v) is 1.89. The minimum Gasteiger partial charge on any atom is -0.463 e. The first-order valence-corrected chi connectivity index (χ1v) is 4.30.